The number of carbonyl (C=O) groups excluding carboxylic acids is 2. The molecule has 0 saturated carbocycles. The van der Waals surface area contributed by atoms with Crippen molar-refractivity contribution >= 4 is 22.6 Å². The van der Waals surface area contributed by atoms with Crippen molar-refractivity contribution < 1.29 is 13.8 Å². The van der Waals surface area contributed by atoms with E-state index >= 15 is 0 Å². The Morgan fingerprint density at radius 2 is 2.25 bits per heavy atom. The Kier molecular flexibility index (Phi) is 6.59. The lowest BCUT2D eigenvalue weighted by Crippen LogP contribution is -2.51. The first kappa shape index (κ1) is 17.1. The molecule has 1 rings (SSSR count). The Balaban J connectivity index is 2.70. The molecule has 0 aromatic rings. The number of carbonyl (C=O) groups is 2. The molecule has 0 aromatic heterocycles. The molecule has 2 amide bonds. The van der Waals surface area contributed by atoms with Crippen LogP contribution in [0.15, 0.2) is 12.7 Å². The Morgan fingerprint density at radius 3 is 2.85 bits per heavy atom. The molecule has 1 fully saturated rings. The van der Waals surface area contributed by atoms with Crippen molar-refractivity contribution in [1.29, 1.82) is 0 Å². The summed E-state index contributed by atoms with van der Waals surface area (Å²) in [6, 6.07) is 0. The standard InChI is InChI=1S/C15H25NO3S/c1-4-6-7-9-15(3)10-8-11-16(14(15)18)13(17)12-20(19)5-2/h4H,1,5-12H2,2-3H3. The Bertz CT molecular complexity index is 408. The van der Waals surface area contributed by atoms with Gasteiger partial charge in [-0.15, -0.1) is 6.58 Å². The Hall–Kier alpha value is -0.970. The van der Waals surface area contributed by atoms with E-state index in [4.69, 9.17) is 0 Å². The van der Waals surface area contributed by atoms with Gasteiger partial charge in [0.05, 0.1) is 0 Å². The van der Waals surface area contributed by atoms with Crippen LogP contribution >= 0.6 is 0 Å². The second-order valence-electron chi connectivity index (χ2n) is 5.57. The molecule has 1 heterocycles. The van der Waals surface area contributed by atoms with Gasteiger partial charge in [-0.2, -0.15) is 0 Å². The van der Waals surface area contributed by atoms with Crippen molar-refractivity contribution in [3.63, 3.8) is 0 Å². The second-order valence-corrected chi connectivity index (χ2v) is 7.31. The number of piperidine rings is 1. The van der Waals surface area contributed by atoms with Crippen LogP contribution < -0.4 is 0 Å². The predicted molar refractivity (Wildman–Crippen MR) is 81.7 cm³/mol. The summed E-state index contributed by atoms with van der Waals surface area (Å²) in [6.45, 7) is 7.87. The fourth-order valence-electron chi connectivity index (χ4n) is 2.59. The fraction of sp³-hybridized carbons (Fsp3) is 0.733. The highest BCUT2D eigenvalue weighted by Gasteiger charge is 2.41. The number of allylic oxidation sites excluding steroid dienone is 1. The lowest BCUT2D eigenvalue weighted by Gasteiger charge is -2.38. The molecule has 1 aliphatic heterocycles. The zero-order chi connectivity index (χ0) is 15.2. The van der Waals surface area contributed by atoms with Gasteiger partial charge < -0.3 is 0 Å². The minimum Gasteiger partial charge on any atom is -0.281 e. The van der Waals surface area contributed by atoms with E-state index in [2.05, 4.69) is 6.58 Å². The van der Waals surface area contributed by atoms with Crippen molar-refractivity contribution in [1.82, 2.24) is 4.90 Å². The molecule has 0 N–H and O–H groups in total. The predicted octanol–water partition coefficient (Wildman–Crippen LogP) is 2.27. The Labute approximate surface area is 124 Å². The van der Waals surface area contributed by atoms with Gasteiger partial charge in [-0.05, 0) is 32.1 Å². The SMILES string of the molecule is C=CCCCC1(C)CCCN(C(=O)CS(=O)CC)C1=O. The minimum atomic E-state index is -1.16. The van der Waals surface area contributed by atoms with Crippen molar-refractivity contribution in [2.45, 2.75) is 46.0 Å². The van der Waals surface area contributed by atoms with Gasteiger partial charge in [0.2, 0.25) is 11.8 Å². The highest BCUT2D eigenvalue weighted by atomic mass is 32.2. The topological polar surface area (TPSA) is 54.5 Å². The van der Waals surface area contributed by atoms with Gasteiger partial charge in [0, 0.05) is 28.5 Å². The Morgan fingerprint density at radius 1 is 1.55 bits per heavy atom. The van der Waals surface area contributed by atoms with E-state index in [-0.39, 0.29) is 17.6 Å². The van der Waals surface area contributed by atoms with Gasteiger partial charge in [0.25, 0.3) is 0 Å². The van der Waals surface area contributed by atoms with Crippen LogP contribution in [0.1, 0.15) is 46.0 Å². The molecule has 114 valence electrons. The molecule has 0 spiro atoms. The van der Waals surface area contributed by atoms with Crippen LogP contribution in [-0.4, -0.2) is 39.0 Å². The van der Waals surface area contributed by atoms with E-state index in [1.54, 1.807) is 6.92 Å². The van der Waals surface area contributed by atoms with E-state index in [0.717, 1.165) is 32.1 Å². The molecule has 20 heavy (non-hydrogen) atoms. The molecule has 0 aromatic carbocycles. The van der Waals surface area contributed by atoms with Crippen LogP contribution in [0.5, 0.6) is 0 Å². The molecule has 2 atom stereocenters. The zero-order valence-corrected chi connectivity index (χ0v) is 13.3. The summed E-state index contributed by atoms with van der Waals surface area (Å²) in [7, 11) is -1.16. The van der Waals surface area contributed by atoms with E-state index in [1.165, 1.54) is 4.90 Å². The van der Waals surface area contributed by atoms with Gasteiger partial charge in [0.1, 0.15) is 5.75 Å². The zero-order valence-electron chi connectivity index (χ0n) is 12.5. The number of nitrogens with zero attached hydrogens (tertiary/aromatic N) is 1. The molecule has 0 radical (unpaired) electrons. The molecule has 1 aliphatic rings. The number of imide groups is 1. The largest absolute Gasteiger partial charge is 0.281 e. The third-order valence-electron chi connectivity index (χ3n) is 3.92. The smallest absolute Gasteiger partial charge is 0.241 e. The summed E-state index contributed by atoms with van der Waals surface area (Å²) in [5.74, 6) is 0.0331. The van der Waals surface area contributed by atoms with Crippen LogP contribution in [0.4, 0.5) is 0 Å². The average molecular weight is 299 g/mol. The normalized spacial score (nSPS) is 24.5. The summed E-state index contributed by atoms with van der Waals surface area (Å²) in [5.41, 5.74) is -0.454. The van der Waals surface area contributed by atoms with E-state index < -0.39 is 16.2 Å². The van der Waals surface area contributed by atoms with Crippen molar-refractivity contribution in [3.05, 3.63) is 12.7 Å². The lowest BCUT2D eigenvalue weighted by atomic mass is 9.77. The molecular weight excluding hydrogens is 274 g/mol. The monoisotopic (exact) mass is 299 g/mol. The van der Waals surface area contributed by atoms with Crippen LogP contribution in [-0.2, 0) is 20.4 Å². The first-order valence-corrected chi connectivity index (χ1v) is 8.74. The third kappa shape index (κ3) is 4.27. The first-order valence-electron chi connectivity index (χ1n) is 7.25. The maximum absolute atomic E-state index is 12.5. The van der Waals surface area contributed by atoms with Gasteiger partial charge in [0.15, 0.2) is 0 Å². The van der Waals surface area contributed by atoms with Gasteiger partial charge >= 0.3 is 0 Å². The molecule has 1 saturated heterocycles. The minimum absolute atomic E-state index is 0.0367. The molecule has 0 aliphatic carbocycles. The summed E-state index contributed by atoms with van der Waals surface area (Å²) in [6.07, 6.45) is 6.08. The second kappa shape index (κ2) is 7.72. The van der Waals surface area contributed by atoms with Crippen LogP contribution in [0, 0.1) is 5.41 Å². The van der Waals surface area contributed by atoms with Gasteiger partial charge in [-0.25, -0.2) is 0 Å². The van der Waals surface area contributed by atoms with Crippen molar-refractivity contribution in [2.24, 2.45) is 5.41 Å². The van der Waals surface area contributed by atoms with Crippen LogP contribution in [0.25, 0.3) is 0 Å². The molecule has 0 bridgehead atoms. The quantitative estimate of drug-likeness (QED) is 0.535. The van der Waals surface area contributed by atoms with E-state index in [9.17, 15) is 13.8 Å². The number of rotatable bonds is 7. The molecule has 2 unspecified atom stereocenters. The highest BCUT2D eigenvalue weighted by Crippen LogP contribution is 2.35. The summed E-state index contributed by atoms with van der Waals surface area (Å²) >= 11 is 0. The average Bonchev–Trinajstić information content (AvgIpc) is 2.42. The van der Waals surface area contributed by atoms with Gasteiger partial charge in [-0.1, -0.05) is 19.9 Å². The number of hydrogen-bond donors (Lipinski definition) is 0. The number of likely N-dealkylation sites (tertiary alicyclic amines) is 1. The number of amides is 2. The fourth-order valence-corrected chi connectivity index (χ4v) is 3.22. The summed E-state index contributed by atoms with van der Waals surface area (Å²) in [4.78, 5) is 25.9. The van der Waals surface area contributed by atoms with Gasteiger partial charge in [-0.3, -0.25) is 18.7 Å². The van der Waals surface area contributed by atoms with Crippen LogP contribution in [0.3, 0.4) is 0 Å². The van der Waals surface area contributed by atoms with Crippen molar-refractivity contribution in [3.8, 4) is 0 Å². The number of unbranched alkanes of at least 4 members (excludes halogenated alkanes) is 1. The summed E-state index contributed by atoms with van der Waals surface area (Å²) < 4.78 is 11.5. The molecule has 5 heteroatoms. The van der Waals surface area contributed by atoms with Crippen LogP contribution in [0.2, 0.25) is 0 Å². The lowest BCUT2D eigenvalue weighted by molar-refractivity contribution is -0.154. The van der Waals surface area contributed by atoms with Crippen molar-refractivity contribution in [2.75, 3.05) is 18.1 Å². The van der Waals surface area contributed by atoms with E-state index in [0.29, 0.717) is 12.3 Å². The maximum atomic E-state index is 12.5. The highest BCUT2D eigenvalue weighted by molar-refractivity contribution is 7.85. The first-order chi connectivity index (χ1) is 9.44. The maximum Gasteiger partial charge on any atom is 0.241 e. The molecule has 4 nitrogen and oxygen atoms in total. The summed E-state index contributed by atoms with van der Waals surface area (Å²) in [5, 5.41) is 0. The molecular formula is C15H25NO3S. The van der Waals surface area contributed by atoms with E-state index in [1.807, 2.05) is 13.0 Å². The number of hydrogen-bond acceptors (Lipinski definition) is 3. The third-order valence-corrected chi connectivity index (χ3v) is 5.13.